The van der Waals surface area contributed by atoms with Crippen LogP contribution in [0.4, 0.5) is 0 Å². The topological polar surface area (TPSA) is 109 Å². The second kappa shape index (κ2) is 3.25. The molecule has 8 nitrogen and oxygen atoms in total. The van der Waals surface area contributed by atoms with Crippen LogP contribution in [-0.2, 0) is 6.42 Å². The fourth-order valence-corrected chi connectivity index (χ4v) is 0.935. The normalized spacial score (nSPS) is 13.0. The molecular formula is C5H7N8. The van der Waals surface area contributed by atoms with Gasteiger partial charge >= 0.3 is 0 Å². The fraction of sp³-hybridized carbons (Fsp3) is 0.400. The van der Waals surface area contributed by atoms with Gasteiger partial charge in [0.2, 0.25) is 0 Å². The van der Waals surface area contributed by atoms with Gasteiger partial charge < -0.3 is 0 Å². The smallest absolute Gasteiger partial charge is 0.152 e. The molecule has 0 spiro atoms. The van der Waals surface area contributed by atoms with Gasteiger partial charge in [0.15, 0.2) is 5.82 Å². The van der Waals surface area contributed by atoms with E-state index >= 15 is 0 Å². The van der Waals surface area contributed by atoms with Gasteiger partial charge in [0.05, 0.1) is 0 Å². The lowest BCUT2D eigenvalue weighted by Gasteiger charge is -2.01. The standard InChI is InChI=1S/C5H7N8/c1-3(5-8-12-13-9-5)2-4-6-10-11-7-4/h3H,1-2H2,(H,6,7,10,11)(H,8,9,12,13). The van der Waals surface area contributed by atoms with Gasteiger partial charge in [-0.3, -0.25) is 0 Å². The number of hydrogen-bond donors (Lipinski definition) is 2. The Kier molecular flexibility index (Phi) is 1.94. The Hall–Kier alpha value is -1.86. The minimum Gasteiger partial charge on any atom is -0.243 e. The van der Waals surface area contributed by atoms with E-state index in [2.05, 4.69) is 48.2 Å². The van der Waals surface area contributed by atoms with Crippen molar-refractivity contribution < 1.29 is 0 Å². The van der Waals surface area contributed by atoms with Crippen molar-refractivity contribution in [2.75, 3.05) is 0 Å². The molecule has 2 aromatic rings. The molecule has 0 aliphatic rings. The molecule has 2 rings (SSSR count). The first-order valence-corrected chi connectivity index (χ1v) is 3.65. The Balaban J connectivity index is 2.04. The maximum Gasteiger partial charge on any atom is 0.152 e. The minimum atomic E-state index is -0.0789. The zero-order chi connectivity index (χ0) is 9.10. The van der Waals surface area contributed by atoms with Gasteiger partial charge in [0.25, 0.3) is 0 Å². The van der Waals surface area contributed by atoms with Crippen LogP contribution in [0.2, 0.25) is 0 Å². The molecule has 0 fully saturated rings. The highest BCUT2D eigenvalue weighted by molar-refractivity contribution is 4.98. The molecule has 1 unspecified atom stereocenters. The molecule has 1 radical (unpaired) electrons. The van der Waals surface area contributed by atoms with E-state index < -0.39 is 0 Å². The van der Waals surface area contributed by atoms with E-state index in [1.54, 1.807) is 0 Å². The molecule has 2 N–H and O–H groups in total. The summed E-state index contributed by atoms with van der Waals surface area (Å²) in [6, 6.07) is 0. The minimum absolute atomic E-state index is 0.0789. The monoisotopic (exact) mass is 179 g/mol. The largest absolute Gasteiger partial charge is 0.243 e. The molecule has 1 atom stereocenters. The van der Waals surface area contributed by atoms with Crippen LogP contribution >= 0.6 is 0 Å². The number of aromatic amines is 2. The SMILES string of the molecule is [CH2]C(Cc1nnn[nH]1)c1nnn[nH]1. The quantitative estimate of drug-likeness (QED) is 0.617. The lowest BCUT2D eigenvalue weighted by Crippen LogP contribution is -2.02. The van der Waals surface area contributed by atoms with E-state index in [4.69, 9.17) is 0 Å². The summed E-state index contributed by atoms with van der Waals surface area (Å²) < 4.78 is 0. The van der Waals surface area contributed by atoms with Crippen LogP contribution in [0.15, 0.2) is 0 Å². The van der Waals surface area contributed by atoms with Crippen molar-refractivity contribution in [3.63, 3.8) is 0 Å². The van der Waals surface area contributed by atoms with Crippen LogP contribution in [0.5, 0.6) is 0 Å². The van der Waals surface area contributed by atoms with Crippen molar-refractivity contribution in [3.05, 3.63) is 18.6 Å². The summed E-state index contributed by atoms with van der Waals surface area (Å²) >= 11 is 0. The summed E-state index contributed by atoms with van der Waals surface area (Å²) in [5.41, 5.74) is 0. The average molecular weight is 179 g/mol. The summed E-state index contributed by atoms with van der Waals surface area (Å²) in [5, 5.41) is 26.5. The second-order valence-corrected chi connectivity index (χ2v) is 2.54. The van der Waals surface area contributed by atoms with E-state index in [0.717, 1.165) is 0 Å². The van der Waals surface area contributed by atoms with Gasteiger partial charge in [-0.15, -0.1) is 10.2 Å². The van der Waals surface area contributed by atoms with E-state index in [1.165, 1.54) is 0 Å². The molecule has 8 heteroatoms. The maximum atomic E-state index is 3.87. The number of nitrogens with zero attached hydrogens (tertiary/aromatic N) is 6. The van der Waals surface area contributed by atoms with Gasteiger partial charge in [-0.1, -0.05) is 0 Å². The highest BCUT2D eigenvalue weighted by Crippen LogP contribution is 2.11. The molecule has 0 bridgehead atoms. The molecule has 67 valence electrons. The summed E-state index contributed by atoms with van der Waals surface area (Å²) in [4.78, 5) is 0. The Morgan fingerprint density at radius 2 is 1.92 bits per heavy atom. The first kappa shape index (κ1) is 7.77. The second-order valence-electron chi connectivity index (χ2n) is 2.54. The van der Waals surface area contributed by atoms with Crippen molar-refractivity contribution in [2.45, 2.75) is 12.3 Å². The van der Waals surface area contributed by atoms with E-state index in [1.807, 2.05) is 0 Å². The van der Waals surface area contributed by atoms with Gasteiger partial charge in [-0.25, -0.2) is 10.2 Å². The summed E-state index contributed by atoms with van der Waals surface area (Å²) in [5.74, 6) is 1.21. The van der Waals surface area contributed by atoms with Crippen LogP contribution in [0, 0.1) is 6.92 Å². The number of H-pyrrole nitrogens is 2. The van der Waals surface area contributed by atoms with E-state index in [9.17, 15) is 0 Å². The zero-order valence-electron chi connectivity index (χ0n) is 6.67. The first-order valence-electron chi connectivity index (χ1n) is 3.65. The number of aromatic nitrogens is 8. The molecule has 13 heavy (non-hydrogen) atoms. The van der Waals surface area contributed by atoms with Crippen molar-refractivity contribution in [3.8, 4) is 0 Å². The van der Waals surface area contributed by atoms with E-state index in [0.29, 0.717) is 18.1 Å². The number of tetrazole rings is 2. The first-order chi connectivity index (χ1) is 6.36. The maximum absolute atomic E-state index is 3.87. The van der Waals surface area contributed by atoms with Crippen molar-refractivity contribution in [1.29, 1.82) is 0 Å². The van der Waals surface area contributed by atoms with Gasteiger partial charge in [-0.05, 0) is 27.8 Å². The van der Waals surface area contributed by atoms with E-state index in [-0.39, 0.29) is 5.92 Å². The summed E-state index contributed by atoms with van der Waals surface area (Å²) in [6.07, 6.45) is 0.573. The van der Waals surface area contributed by atoms with Crippen LogP contribution in [0.3, 0.4) is 0 Å². The predicted octanol–water partition coefficient (Wildman–Crippen LogP) is -1.13. The number of hydrogen-bond acceptors (Lipinski definition) is 6. The lowest BCUT2D eigenvalue weighted by molar-refractivity contribution is 0.725. The average Bonchev–Trinajstić information content (AvgIpc) is 2.74. The van der Waals surface area contributed by atoms with Crippen LogP contribution in [0.1, 0.15) is 17.6 Å². The number of nitrogens with one attached hydrogen (secondary N) is 2. The van der Waals surface area contributed by atoms with Gasteiger partial charge in [-0.2, -0.15) is 0 Å². The Morgan fingerprint density at radius 3 is 2.54 bits per heavy atom. The van der Waals surface area contributed by atoms with Gasteiger partial charge in [0, 0.05) is 12.3 Å². The third-order valence-electron chi connectivity index (χ3n) is 1.58. The highest BCUT2D eigenvalue weighted by atomic mass is 15.5. The predicted molar refractivity (Wildman–Crippen MR) is 40.2 cm³/mol. The summed E-state index contributed by atoms with van der Waals surface area (Å²) in [7, 11) is 0. The molecule has 2 aromatic heterocycles. The third kappa shape index (κ3) is 1.66. The molecule has 0 amide bonds. The third-order valence-corrected chi connectivity index (χ3v) is 1.58. The molecule has 0 aliphatic heterocycles. The Bertz CT molecular complexity index is 337. The molecule has 0 aromatic carbocycles. The fourth-order valence-electron chi connectivity index (χ4n) is 0.935. The van der Waals surface area contributed by atoms with Crippen LogP contribution in [0.25, 0.3) is 0 Å². The lowest BCUT2D eigenvalue weighted by atomic mass is 10.1. The molecule has 0 saturated carbocycles. The summed E-state index contributed by atoms with van der Waals surface area (Å²) in [6.45, 7) is 3.87. The van der Waals surface area contributed by atoms with Crippen LogP contribution < -0.4 is 0 Å². The van der Waals surface area contributed by atoms with Crippen molar-refractivity contribution >= 4 is 0 Å². The number of rotatable bonds is 3. The highest BCUT2D eigenvalue weighted by Gasteiger charge is 2.12. The van der Waals surface area contributed by atoms with Crippen molar-refractivity contribution in [1.82, 2.24) is 41.2 Å². The molecule has 0 aliphatic carbocycles. The molecule has 2 heterocycles. The van der Waals surface area contributed by atoms with Gasteiger partial charge in [0.1, 0.15) is 5.82 Å². The Morgan fingerprint density at radius 1 is 1.15 bits per heavy atom. The van der Waals surface area contributed by atoms with Crippen molar-refractivity contribution in [2.24, 2.45) is 0 Å². The Labute approximate surface area is 73.1 Å². The zero-order valence-corrected chi connectivity index (χ0v) is 6.67. The molecular weight excluding hydrogens is 172 g/mol. The molecule has 0 saturated heterocycles. The van der Waals surface area contributed by atoms with Crippen LogP contribution in [-0.4, -0.2) is 41.2 Å².